The van der Waals surface area contributed by atoms with Gasteiger partial charge in [-0.2, -0.15) is 4.98 Å². The van der Waals surface area contributed by atoms with Crippen LogP contribution in [0.2, 0.25) is 0 Å². The van der Waals surface area contributed by atoms with E-state index in [0.29, 0.717) is 5.89 Å². The molecule has 0 radical (unpaired) electrons. The molecule has 0 aliphatic carbocycles. The average molecular weight is 318 g/mol. The highest BCUT2D eigenvalue weighted by Crippen LogP contribution is 2.23. The van der Waals surface area contributed by atoms with Crippen LogP contribution in [-0.4, -0.2) is 41.2 Å². The van der Waals surface area contributed by atoms with Crippen LogP contribution in [0.5, 0.6) is 0 Å². The molecule has 1 aliphatic rings. The number of halogens is 1. The van der Waals surface area contributed by atoms with Gasteiger partial charge in [-0.05, 0) is 37.6 Å². The van der Waals surface area contributed by atoms with Gasteiger partial charge in [0.2, 0.25) is 5.89 Å². The summed E-state index contributed by atoms with van der Waals surface area (Å²) in [5.41, 5.74) is 1.07. The third-order valence-electron chi connectivity index (χ3n) is 4.37. The molecule has 124 valence electrons. The van der Waals surface area contributed by atoms with E-state index < -0.39 is 0 Å². The average Bonchev–Trinajstić information content (AvgIpc) is 3.04. The zero-order chi connectivity index (χ0) is 16.2. The lowest BCUT2D eigenvalue weighted by atomic mass is 10.2. The molecule has 0 amide bonds. The second-order valence-electron chi connectivity index (χ2n) is 5.97. The van der Waals surface area contributed by atoms with Gasteiger partial charge in [0.15, 0.2) is 5.82 Å². The minimum absolute atomic E-state index is 0.128. The second kappa shape index (κ2) is 7.08. The first-order valence-corrected chi connectivity index (χ1v) is 8.24. The minimum Gasteiger partial charge on any atom is -0.369 e. The molecule has 1 fully saturated rings. The van der Waals surface area contributed by atoms with Gasteiger partial charge in [0.25, 0.3) is 0 Å². The second-order valence-corrected chi connectivity index (χ2v) is 5.97. The van der Waals surface area contributed by atoms with Gasteiger partial charge in [-0.15, -0.1) is 0 Å². The van der Waals surface area contributed by atoms with Crippen LogP contribution in [-0.2, 0) is 6.42 Å². The number of aryl methyl sites for hydroxylation is 1. The number of benzene rings is 1. The fourth-order valence-electron chi connectivity index (χ4n) is 2.94. The predicted octanol–water partition coefficient (Wildman–Crippen LogP) is 3.04. The quantitative estimate of drug-likeness (QED) is 0.848. The number of nitrogens with zero attached hydrogens (tertiary/aromatic N) is 4. The van der Waals surface area contributed by atoms with Crippen molar-refractivity contribution < 1.29 is 8.91 Å². The molecule has 1 aromatic carbocycles. The van der Waals surface area contributed by atoms with Crippen molar-refractivity contribution in [3.05, 3.63) is 41.8 Å². The Morgan fingerprint density at radius 1 is 1.17 bits per heavy atom. The van der Waals surface area contributed by atoms with Crippen LogP contribution in [0.1, 0.15) is 38.0 Å². The molecule has 5 nitrogen and oxygen atoms in total. The van der Waals surface area contributed by atoms with Gasteiger partial charge in [0.1, 0.15) is 5.82 Å². The lowest BCUT2D eigenvalue weighted by Crippen LogP contribution is -2.47. The fourth-order valence-corrected chi connectivity index (χ4v) is 2.94. The normalized spacial score (nSPS) is 17.4. The van der Waals surface area contributed by atoms with E-state index in [4.69, 9.17) is 4.52 Å². The number of aromatic nitrogens is 2. The lowest BCUT2D eigenvalue weighted by molar-refractivity contribution is 0.164. The first-order chi connectivity index (χ1) is 11.2. The van der Waals surface area contributed by atoms with Gasteiger partial charge in [0, 0.05) is 38.3 Å². The van der Waals surface area contributed by atoms with Crippen LogP contribution in [0.3, 0.4) is 0 Å². The summed E-state index contributed by atoms with van der Waals surface area (Å²) in [5.74, 6) is 1.29. The summed E-state index contributed by atoms with van der Waals surface area (Å²) in [6.07, 6.45) is 1.87. The number of hydrogen-bond acceptors (Lipinski definition) is 5. The van der Waals surface area contributed by atoms with E-state index in [-0.39, 0.29) is 11.9 Å². The molecule has 1 atom stereocenters. The molecule has 2 heterocycles. The smallest absolute Gasteiger partial charge is 0.243 e. The third kappa shape index (κ3) is 3.69. The molecule has 23 heavy (non-hydrogen) atoms. The van der Waals surface area contributed by atoms with Crippen molar-refractivity contribution in [1.82, 2.24) is 15.0 Å². The van der Waals surface area contributed by atoms with Crippen LogP contribution in [0.4, 0.5) is 10.1 Å². The Kier molecular flexibility index (Phi) is 4.91. The predicted molar refractivity (Wildman–Crippen MR) is 86.9 cm³/mol. The number of anilines is 1. The molecule has 2 aromatic rings. The van der Waals surface area contributed by atoms with Crippen molar-refractivity contribution in [2.24, 2.45) is 0 Å². The van der Waals surface area contributed by atoms with Gasteiger partial charge in [-0.1, -0.05) is 12.1 Å². The molecule has 0 saturated carbocycles. The summed E-state index contributed by atoms with van der Waals surface area (Å²) in [6.45, 7) is 7.87. The molecule has 6 heteroatoms. The third-order valence-corrected chi connectivity index (χ3v) is 4.37. The van der Waals surface area contributed by atoms with Crippen molar-refractivity contribution in [1.29, 1.82) is 0 Å². The van der Waals surface area contributed by atoms with Crippen LogP contribution in [0.25, 0.3) is 0 Å². The lowest BCUT2D eigenvalue weighted by Gasteiger charge is -2.38. The first kappa shape index (κ1) is 15.9. The van der Waals surface area contributed by atoms with Crippen LogP contribution in [0.15, 0.2) is 28.8 Å². The Labute approximate surface area is 136 Å². The first-order valence-electron chi connectivity index (χ1n) is 8.24. The molecular formula is C17H23FN4O. The maximum Gasteiger partial charge on any atom is 0.243 e. The van der Waals surface area contributed by atoms with Crippen LogP contribution in [0, 0.1) is 5.82 Å². The van der Waals surface area contributed by atoms with E-state index in [2.05, 4.69) is 33.8 Å². The van der Waals surface area contributed by atoms with E-state index in [0.717, 1.165) is 50.5 Å². The van der Waals surface area contributed by atoms with Gasteiger partial charge in [-0.25, -0.2) is 4.39 Å². The summed E-state index contributed by atoms with van der Waals surface area (Å²) in [6, 6.07) is 6.83. The summed E-state index contributed by atoms with van der Waals surface area (Å²) in [7, 11) is 0. The maximum absolute atomic E-state index is 13.0. The molecule has 0 spiro atoms. The Balaban J connectivity index is 1.58. The van der Waals surface area contributed by atoms with Gasteiger partial charge in [-0.3, -0.25) is 4.90 Å². The molecule has 0 bridgehead atoms. The van der Waals surface area contributed by atoms with E-state index in [1.54, 1.807) is 0 Å². The zero-order valence-electron chi connectivity index (χ0n) is 13.7. The molecule has 0 N–H and O–H groups in total. The van der Waals surface area contributed by atoms with Crippen molar-refractivity contribution in [3.8, 4) is 0 Å². The van der Waals surface area contributed by atoms with Crippen molar-refractivity contribution in [3.63, 3.8) is 0 Å². The van der Waals surface area contributed by atoms with E-state index in [9.17, 15) is 4.39 Å². The van der Waals surface area contributed by atoms with Crippen LogP contribution >= 0.6 is 0 Å². The SMILES string of the molecule is CCCc1noc([C@H](C)N2CCN(c3ccc(F)cc3)CC2)n1. The van der Waals surface area contributed by atoms with Crippen molar-refractivity contribution in [2.75, 3.05) is 31.1 Å². The van der Waals surface area contributed by atoms with E-state index in [1.807, 2.05) is 12.1 Å². The topological polar surface area (TPSA) is 45.4 Å². The highest BCUT2D eigenvalue weighted by atomic mass is 19.1. The van der Waals surface area contributed by atoms with Crippen molar-refractivity contribution >= 4 is 5.69 Å². The Bertz CT molecular complexity index is 620. The zero-order valence-corrected chi connectivity index (χ0v) is 13.7. The molecule has 1 saturated heterocycles. The molecular weight excluding hydrogens is 295 g/mol. The Morgan fingerprint density at radius 2 is 1.87 bits per heavy atom. The summed E-state index contributed by atoms with van der Waals surface area (Å²) in [4.78, 5) is 9.11. The standard InChI is InChI=1S/C17H23FN4O/c1-3-4-16-19-17(23-20-16)13(2)21-9-11-22(12-10-21)15-7-5-14(18)6-8-15/h5-8,13H,3-4,9-12H2,1-2H3/t13-/m0/s1. The molecule has 1 aliphatic heterocycles. The number of hydrogen-bond donors (Lipinski definition) is 0. The highest BCUT2D eigenvalue weighted by Gasteiger charge is 2.25. The van der Waals surface area contributed by atoms with Gasteiger partial charge < -0.3 is 9.42 Å². The monoisotopic (exact) mass is 318 g/mol. The fraction of sp³-hybridized carbons (Fsp3) is 0.529. The molecule has 1 aromatic heterocycles. The van der Waals surface area contributed by atoms with Gasteiger partial charge >= 0.3 is 0 Å². The number of piperazine rings is 1. The van der Waals surface area contributed by atoms with E-state index in [1.165, 1.54) is 12.1 Å². The van der Waals surface area contributed by atoms with Crippen molar-refractivity contribution in [2.45, 2.75) is 32.7 Å². The Hall–Kier alpha value is -1.95. The Morgan fingerprint density at radius 3 is 2.52 bits per heavy atom. The largest absolute Gasteiger partial charge is 0.369 e. The maximum atomic E-state index is 13.0. The summed E-state index contributed by atoms with van der Waals surface area (Å²) < 4.78 is 18.4. The molecule has 0 unspecified atom stereocenters. The van der Waals surface area contributed by atoms with E-state index >= 15 is 0 Å². The molecule has 3 rings (SSSR count). The minimum atomic E-state index is -0.194. The highest BCUT2D eigenvalue weighted by molar-refractivity contribution is 5.46. The van der Waals surface area contributed by atoms with Gasteiger partial charge in [0.05, 0.1) is 6.04 Å². The van der Waals surface area contributed by atoms with Crippen LogP contribution < -0.4 is 4.90 Å². The number of rotatable bonds is 5. The summed E-state index contributed by atoms with van der Waals surface area (Å²) in [5, 5.41) is 4.03. The summed E-state index contributed by atoms with van der Waals surface area (Å²) >= 11 is 0.